The summed E-state index contributed by atoms with van der Waals surface area (Å²) in [5, 5.41) is 0. The van der Waals surface area contributed by atoms with Gasteiger partial charge in [0.1, 0.15) is 6.61 Å². The molecule has 44 heavy (non-hydrogen) atoms. The van der Waals surface area contributed by atoms with Gasteiger partial charge < -0.3 is 19.3 Å². The van der Waals surface area contributed by atoms with Crippen molar-refractivity contribution >= 4 is 19.8 Å². The number of esters is 2. The van der Waals surface area contributed by atoms with E-state index in [0.717, 1.165) is 32.1 Å². The Labute approximate surface area is 270 Å². The van der Waals surface area contributed by atoms with Crippen LogP contribution >= 0.6 is 7.82 Å². The van der Waals surface area contributed by atoms with Gasteiger partial charge in [0.15, 0.2) is 6.10 Å². The molecule has 9 heteroatoms. The quantitative estimate of drug-likeness (QED) is 0.0402. The topological polar surface area (TPSA) is 119 Å². The summed E-state index contributed by atoms with van der Waals surface area (Å²) in [5.74, 6) is -0.876. The van der Waals surface area contributed by atoms with Crippen molar-refractivity contribution < 1.29 is 37.9 Å². The molecule has 0 spiro atoms. The van der Waals surface area contributed by atoms with Crippen LogP contribution in [-0.2, 0) is 28.2 Å². The number of phosphoric ester groups is 1. The second-order valence-electron chi connectivity index (χ2n) is 12.6. The standard InChI is InChI=1S/C35H69O8P/c1-3-5-7-9-11-13-14-15-16-17-18-19-20-22-24-26-28-30-35(37)43-33(32-42-44(38,39)40)31-41-34(36)29-27-25-23-21-12-10-8-6-4-2/h33H,3-32H2,1-2H3,(H2,38,39,40)/t33-/m1/s1. The summed E-state index contributed by atoms with van der Waals surface area (Å²) >= 11 is 0. The summed E-state index contributed by atoms with van der Waals surface area (Å²) < 4.78 is 26.2. The lowest BCUT2D eigenvalue weighted by Crippen LogP contribution is -2.29. The molecule has 0 heterocycles. The molecule has 8 nitrogen and oxygen atoms in total. The first-order valence-corrected chi connectivity index (χ1v) is 19.9. The molecule has 0 bridgehead atoms. The predicted octanol–water partition coefficient (Wildman–Crippen LogP) is 10.5. The Kier molecular flexibility index (Phi) is 31.3. The van der Waals surface area contributed by atoms with E-state index in [9.17, 15) is 14.2 Å². The van der Waals surface area contributed by atoms with Crippen molar-refractivity contribution in [2.24, 2.45) is 0 Å². The first-order chi connectivity index (χ1) is 21.3. The number of phosphoric acid groups is 1. The molecular formula is C35H69O8P. The van der Waals surface area contributed by atoms with Crippen LogP contribution in [0.3, 0.4) is 0 Å². The molecule has 0 amide bonds. The van der Waals surface area contributed by atoms with E-state index in [1.165, 1.54) is 128 Å². The highest BCUT2D eigenvalue weighted by atomic mass is 31.2. The highest BCUT2D eigenvalue weighted by molar-refractivity contribution is 7.46. The van der Waals surface area contributed by atoms with Gasteiger partial charge in [-0.3, -0.25) is 14.1 Å². The highest BCUT2D eigenvalue weighted by Gasteiger charge is 2.22. The van der Waals surface area contributed by atoms with Gasteiger partial charge in [-0.1, -0.05) is 168 Å². The normalized spacial score (nSPS) is 12.4. The van der Waals surface area contributed by atoms with Crippen LogP contribution in [0.5, 0.6) is 0 Å². The number of unbranched alkanes of at least 4 members (excludes halogenated alkanes) is 24. The monoisotopic (exact) mass is 648 g/mol. The molecule has 0 radical (unpaired) electrons. The minimum atomic E-state index is -4.74. The molecule has 262 valence electrons. The molecule has 0 rings (SSSR count). The summed E-state index contributed by atoms with van der Waals surface area (Å²) in [7, 11) is -4.74. The zero-order valence-electron chi connectivity index (χ0n) is 28.6. The van der Waals surface area contributed by atoms with Crippen molar-refractivity contribution in [1.29, 1.82) is 0 Å². The Hall–Kier alpha value is -0.950. The maximum Gasteiger partial charge on any atom is 0.469 e. The maximum absolute atomic E-state index is 12.3. The summed E-state index contributed by atoms with van der Waals surface area (Å²) in [6.07, 6.45) is 31.2. The molecule has 0 unspecified atom stereocenters. The first kappa shape index (κ1) is 43.0. The summed E-state index contributed by atoms with van der Waals surface area (Å²) in [6.45, 7) is 3.67. The van der Waals surface area contributed by atoms with Crippen molar-refractivity contribution in [3.05, 3.63) is 0 Å². The molecule has 0 aliphatic heterocycles. The van der Waals surface area contributed by atoms with E-state index in [-0.39, 0.29) is 19.4 Å². The van der Waals surface area contributed by atoms with Crippen molar-refractivity contribution in [1.82, 2.24) is 0 Å². The van der Waals surface area contributed by atoms with Gasteiger partial charge in [-0.05, 0) is 12.8 Å². The average molecular weight is 649 g/mol. The fourth-order valence-electron chi connectivity index (χ4n) is 5.37. The summed E-state index contributed by atoms with van der Waals surface area (Å²) in [6, 6.07) is 0. The predicted molar refractivity (Wildman–Crippen MR) is 179 cm³/mol. The second kappa shape index (κ2) is 32.0. The smallest absolute Gasteiger partial charge is 0.462 e. The average Bonchev–Trinajstić information content (AvgIpc) is 2.98. The Morgan fingerprint density at radius 2 is 0.818 bits per heavy atom. The third-order valence-corrected chi connectivity index (χ3v) is 8.61. The van der Waals surface area contributed by atoms with E-state index in [0.29, 0.717) is 6.42 Å². The molecule has 0 saturated carbocycles. The van der Waals surface area contributed by atoms with Gasteiger partial charge in [0.2, 0.25) is 0 Å². The fraction of sp³-hybridized carbons (Fsp3) is 0.943. The first-order valence-electron chi connectivity index (χ1n) is 18.3. The van der Waals surface area contributed by atoms with Crippen molar-refractivity contribution in [3.8, 4) is 0 Å². The fourth-order valence-corrected chi connectivity index (χ4v) is 5.73. The number of carbonyl (C=O) groups is 2. The van der Waals surface area contributed by atoms with E-state index in [1.54, 1.807) is 0 Å². The Bertz CT molecular complexity index is 696. The molecule has 0 aliphatic carbocycles. The Morgan fingerprint density at radius 3 is 1.16 bits per heavy atom. The van der Waals surface area contributed by atoms with Crippen LogP contribution in [0.1, 0.15) is 194 Å². The number of hydrogen-bond acceptors (Lipinski definition) is 6. The molecule has 0 aliphatic rings. The number of ether oxygens (including phenoxy) is 2. The second-order valence-corrected chi connectivity index (χ2v) is 13.8. The number of carbonyl (C=O) groups excluding carboxylic acids is 2. The molecule has 0 fully saturated rings. The van der Waals surface area contributed by atoms with Crippen LogP contribution in [0, 0.1) is 0 Å². The lowest BCUT2D eigenvalue weighted by Gasteiger charge is -2.18. The van der Waals surface area contributed by atoms with Crippen molar-refractivity contribution in [2.75, 3.05) is 13.2 Å². The molecule has 0 aromatic carbocycles. The van der Waals surface area contributed by atoms with Crippen LogP contribution in [0.2, 0.25) is 0 Å². The van der Waals surface area contributed by atoms with E-state index in [1.807, 2.05) is 0 Å². The molecule has 2 N–H and O–H groups in total. The molecule has 0 aromatic rings. The van der Waals surface area contributed by atoms with E-state index >= 15 is 0 Å². The van der Waals surface area contributed by atoms with E-state index in [4.69, 9.17) is 19.3 Å². The molecule has 0 aromatic heterocycles. The maximum atomic E-state index is 12.3. The SMILES string of the molecule is CCCCCCCCCCCCCCCCCCCC(=O)O[C@H](COC(=O)CCCCCCCCCCC)COP(=O)(O)O. The van der Waals surface area contributed by atoms with Gasteiger partial charge in [-0.2, -0.15) is 0 Å². The number of hydrogen-bond donors (Lipinski definition) is 2. The Morgan fingerprint density at radius 1 is 0.500 bits per heavy atom. The van der Waals surface area contributed by atoms with Gasteiger partial charge in [-0.15, -0.1) is 0 Å². The van der Waals surface area contributed by atoms with Gasteiger partial charge >= 0.3 is 19.8 Å². The minimum absolute atomic E-state index is 0.220. The molecular weight excluding hydrogens is 579 g/mol. The third-order valence-electron chi connectivity index (χ3n) is 8.13. The molecule has 1 atom stereocenters. The molecule has 0 saturated heterocycles. The zero-order chi connectivity index (χ0) is 32.6. The lowest BCUT2D eigenvalue weighted by molar-refractivity contribution is -0.161. The highest BCUT2D eigenvalue weighted by Crippen LogP contribution is 2.36. The lowest BCUT2D eigenvalue weighted by atomic mass is 10.0. The zero-order valence-corrected chi connectivity index (χ0v) is 29.5. The van der Waals surface area contributed by atoms with Gasteiger partial charge in [0.25, 0.3) is 0 Å². The van der Waals surface area contributed by atoms with Crippen molar-refractivity contribution in [3.63, 3.8) is 0 Å². The van der Waals surface area contributed by atoms with Crippen LogP contribution in [-0.4, -0.2) is 41.0 Å². The van der Waals surface area contributed by atoms with Gasteiger partial charge in [-0.25, -0.2) is 4.57 Å². The van der Waals surface area contributed by atoms with Crippen LogP contribution < -0.4 is 0 Å². The van der Waals surface area contributed by atoms with Crippen LogP contribution in [0.15, 0.2) is 0 Å². The summed E-state index contributed by atoms with van der Waals surface area (Å²) in [5.41, 5.74) is 0. The Balaban J connectivity index is 3.89. The van der Waals surface area contributed by atoms with Gasteiger partial charge in [0, 0.05) is 12.8 Å². The summed E-state index contributed by atoms with van der Waals surface area (Å²) in [4.78, 5) is 42.5. The number of rotatable bonds is 34. The van der Waals surface area contributed by atoms with E-state index < -0.39 is 32.5 Å². The minimum Gasteiger partial charge on any atom is -0.462 e. The third kappa shape index (κ3) is 33.9. The van der Waals surface area contributed by atoms with Crippen LogP contribution in [0.25, 0.3) is 0 Å². The largest absolute Gasteiger partial charge is 0.469 e. The van der Waals surface area contributed by atoms with E-state index in [2.05, 4.69) is 18.4 Å². The van der Waals surface area contributed by atoms with Crippen molar-refractivity contribution in [2.45, 2.75) is 200 Å². The van der Waals surface area contributed by atoms with Crippen LogP contribution in [0.4, 0.5) is 0 Å². The van der Waals surface area contributed by atoms with Gasteiger partial charge in [0.05, 0.1) is 6.61 Å².